The topological polar surface area (TPSA) is 44.1 Å². The van der Waals surface area contributed by atoms with Gasteiger partial charge in [0.25, 0.3) is 0 Å². The van der Waals surface area contributed by atoms with Gasteiger partial charge in [-0.05, 0) is 6.07 Å². The molecular weight excluding hydrogens is 216 g/mol. The molecule has 0 fully saturated rings. The predicted octanol–water partition coefficient (Wildman–Crippen LogP) is 2.04. The van der Waals surface area contributed by atoms with E-state index in [2.05, 4.69) is 17.1 Å². The Kier molecular flexibility index (Phi) is 3.10. The highest BCUT2D eigenvalue weighted by Gasteiger charge is 2.13. The quantitative estimate of drug-likeness (QED) is 0.554. The molecule has 0 aliphatic rings. The van der Waals surface area contributed by atoms with E-state index in [0.29, 0.717) is 11.1 Å². The van der Waals surface area contributed by atoms with Crippen molar-refractivity contribution in [2.75, 3.05) is 7.11 Å². The Morgan fingerprint density at radius 1 is 1.53 bits per heavy atom. The van der Waals surface area contributed by atoms with Gasteiger partial charge in [0.2, 0.25) is 0 Å². The number of carbonyl (C=O) groups excluding carboxylic acids is 1. The fourth-order valence-electron chi connectivity index (χ4n) is 1.59. The number of carbonyl (C=O) groups is 1. The average Bonchev–Trinajstić information content (AvgIpc) is 2.78. The van der Waals surface area contributed by atoms with Crippen LogP contribution in [-0.4, -0.2) is 22.9 Å². The molecule has 0 saturated carbocycles. The van der Waals surface area contributed by atoms with Crippen molar-refractivity contribution in [2.24, 2.45) is 0 Å². The minimum Gasteiger partial charge on any atom is -0.465 e. The molecule has 0 atom stereocenters. The molecule has 4 nitrogen and oxygen atoms in total. The number of esters is 1. The highest BCUT2D eigenvalue weighted by Crippen LogP contribution is 2.18. The normalized spacial score (nSPS) is 9.76. The number of ether oxygens (including phenoxy) is 1. The molecule has 0 unspecified atom stereocenters. The van der Waals surface area contributed by atoms with Gasteiger partial charge >= 0.3 is 5.97 Å². The van der Waals surface area contributed by atoms with Crippen LogP contribution in [0.2, 0.25) is 0 Å². The van der Waals surface area contributed by atoms with Gasteiger partial charge in [0, 0.05) is 17.9 Å². The molecule has 2 rings (SSSR count). The van der Waals surface area contributed by atoms with Crippen molar-refractivity contribution < 1.29 is 9.53 Å². The monoisotopic (exact) mass is 228 g/mol. The van der Waals surface area contributed by atoms with E-state index in [4.69, 9.17) is 4.74 Å². The molecule has 1 aromatic carbocycles. The van der Waals surface area contributed by atoms with Gasteiger partial charge in [-0.1, -0.05) is 25.0 Å². The molecule has 0 radical (unpaired) electrons. The lowest BCUT2D eigenvalue weighted by Crippen LogP contribution is -2.04. The number of para-hydroxylation sites is 1. The van der Waals surface area contributed by atoms with Crippen molar-refractivity contribution in [1.82, 2.24) is 9.78 Å². The Hall–Kier alpha value is -2.28. The number of fused-ring (bicyclic) bond motifs is 1. The molecule has 0 amide bonds. The van der Waals surface area contributed by atoms with Crippen molar-refractivity contribution in [3.8, 4) is 12.0 Å². The van der Waals surface area contributed by atoms with Crippen LogP contribution in [0, 0.1) is 12.0 Å². The molecule has 0 aliphatic carbocycles. The number of nitrogens with zero attached hydrogens (tertiary/aromatic N) is 2. The van der Waals surface area contributed by atoms with E-state index >= 15 is 0 Å². The average molecular weight is 228 g/mol. The van der Waals surface area contributed by atoms with Crippen molar-refractivity contribution >= 4 is 16.9 Å². The Morgan fingerprint density at radius 2 is 2.35 bits per heavy atom. The Balaban J connectivity index is 2.67. The van der Waals surface area contributed by atoms with Gasteiger partial charge in [-0.2, -0.15) is 9.78 Å². The second kappa shape index (κ2) is 4.71. The van der Waals surface area contributed by atoms with E-state index in [1.807, 2.05) is 13.0 Å². The van der Waals surface area contributed by atoms with Crippen LogP contribution in [0.15, 0.2) is 24.4 Å². The summed E-state index contributed by atoms with van der Waals surface area (Å²) in [4.78, 5) is 11.6. The number of hydrogen-bond donors (Lipinski definition) is 0. The second-order valence-electron chi connectivity index (χ2n) is 3.43. The zero-order valence-corrected chi connectivity index (χ0v) is 9.73. The van der Waals surface area contributed by atoms with Crippen molar-refractivity contribution in [2.45, 2.75) is 13.3 Å². The summed E-state index contributed by atoms with van der Waals surface area (Å²) in [5.74, 6) is 2.55. The second-order valence-corrected chi connectivity index (χ2v) is 3.43. The third-order valence-electron chi connectivity index (χ3n) is 2.36. The van der Waals surface area contributed by atoms with E-state index in [1.165, 1.54) is 11.8 Å². The van der Waals surface area contributed by atoms with Crippen molar-refractivity contribution in [1.29, 1.82) is 0 Å². The van der Waals surface area contributed by atoms with Crippen LogP contribution < -0.4 is 0 Å². The van der Waals surface area contributed by atoms with Gasteiger partial charge in [-0.15, -0.1) is 0 Å². The predicted molar refractivity (Wildman–Crippen MR) is 64.5 cm³/mol. The van der Waals surface area contributed by atoms with E-state index in [1.54, 1.807) is 18.3 Å². The Bertz CT molecular complexity index is 617. The number of rotatable bonds is 1. The van der Waals surface area contributed by atoms with Gasteiger partial charge in [-0.25, -0.2) is 4.79 Å². The standard InChI is InChI=1S/C13H12N2O2/c1-3-4-8-15-12-10(9-14-15)6-5-7-11(12)13(16)17-2/h5-7,9H,3H2,1-2H3. The third-order valence-corrected chi connectivity index (χ3v) is 2.36. The number of methoxy groups -OCH3 is 1. The molecule has 17 heavy (non-hydrogen) atoms. The molecule has 0 N–H and O–H groups in total. The van der Waals surface area contributed by atoms with E-state index in [9.17, 15) is 4.79 Å². The highest BCUT2D eigenvalue weighted by atomic mass is 16.5. The fraction of sp³-hybridized carbons (Fsp3) is 0.231. The Labute approximate surface area is 99.2 Å². The van der Waals surface area contributed by atoms with Gasteiger partial charge < -0.3 is 4.74 Å². The third kappa shape index (κ3) is 2.00. The highest BCUT2D eigenvalue weighted by molar-refractivity contribution is 6.03. The van der Waals surface area contributed by atoms with Crippen LogP contribution >= 0.6 is 0 Å². The molecule has 2 aromatic rings. The summed E-state index contributed by atoms with van der Waals surface area (Å²) in [5, 5.41) is 5.02. The van der Waals surface area contributed by atoms with Crippen LogP contribution in [0.5, 0.6) is 0 Å². The smallest absolute Gasteiger partial charge is 0.340 e. The summed E-state index contributed by atoms with van der Waals surface area (Å²) in [7, 11) is 1.36. The first-order valence-corrected chi connectivity index (χ1v) is 5.32. The molecule has 1 heterocycles. The van der Waals surface area contributed by atoms with Gasteiger partial charge in [0.15, 0.2) is 0 Å². The molecule has 4 heteroatoms. The first-order valence-electron chi connectivity index (χ1n) is 5.32. The number of benzene rings is 1. The lowest BCUT2D eigenvalue weighted by atomic mass is 10.1. The molecule has 0 saturated heterocycles. The molecule has 1 aromatic heterocycles. The number of aromatic nitrogens is 2. The minimum absolute atomic E-state index is 0.379. The van der Waals surface area contributed by atoms with Gasteiger partial charge in [0.1, 0.15) is 0 Å². The van der Waals surface area contributed by atoms with Crippen LogP contribution in [-0.2, 0) is 4.74 Å². The van der Waals surface area contributed by atoms with Crippen molar-refractivity contribution in [3.63, 3.8) is 0 Å². The zero-order valence-electron chi connectivity index (χ0n) is 9.73. The minimum atomic E-state index is -0.379. The van der Waals surface area contributed by atoms with Crippen LogP contribution in [0.3, 0.4) is 0 Å². The summed E-state index contributed by atoms with van der Waals surface area (Å²) in [6.45, 7) is 1.96. The lowest BCUT2D eigenvalue weighted by molar-refractivity contribution is 0.0602. The van der Waals surface area contributed by atoms with Crippen LogP contribution in [0.25, 0.3) is 10.9 Å². The van der Waals surface area contributed by atoms with E-state index < -0.39 is 0 Å². The largest absolute Gasteiger partial charge is 0.465 e. The van der Waals surface area contributed by atoms with Crippen LogP contribution in [0.1, 0.15) is 23.7 Å². The maximum Gasteiger partial charge on any atom is 0.340 e. The van der Waals surface area contributed by atoms with Gasteiger partial charge in [0.05, 0.1) is 24.4 Å². The van der Waals surface area contributed by atoms with Crippen LogP contribution in [0.4, 0.5) is 0 Å². The summed E-state index contributed by atoms with van der Waals surface area (Å²) in [5.41, 5.74) is 1.17. The summed E-state index contributed by atoms with van der Waals surface area (Å²) in [6, 6.07) is 8.28. The zero-order chi connectivity index (χ0) is 12.3. The van der Waals surface area contributed by atoms with E-state index in [0.717, 1.165) is 11.8 Å². The van der Waals surface area contributed by atoms with Crippen molar-refractivity contribution in [3.05, 3.63) is 30.0 Å². The van der Waals surface area contributed by atoms with E-state index in [-0.39, 0.29) is 5.97 Å². The number of hydrogen-bond acceptors (Lipinski definition) is 3. The lowest BCUT2D eigenvalue weighted by Gasteiger charge is -2.01. The maximum absolute atomic E-state index is 11.6. The summed E-state index contributed by atoms with van der Waals surface area (Å²) >= 11 is 0. The Morgan fingerprint density at radius 3 is 3.06 bits per heavy atom. The maximum atomic E-state index is 11.6. The molecule has 0 spiro atoms. The molecular formula is C13H12N2O2. The fourth-order valence-corrected chi connectivity index (χ4v) is 1.59. The summed E-state index contributed by atoms with van der Waals surface area (Å²) in [6.07, 6.45) is 2.42. The molecule has 0 bridgehead atoms. The SMILES string of the molecule is CCC#Cn1ncc2cccc(C(=O)OC)c21. The van der Waals surface area contributed by atoms with Gasteiger partial charge in [-0.3, -0.25) is 0 Å². The first-order chi connectivity index (χ1) is 8.27. The first kappa shape index (κ1) is 11.2. The molecule has 86 valence electrons. The summed E-state index contributed by atoms with van der Waals surface area (Å²) < 4.78 is 6.26. The molecule has 0 aliphatic heterocycles.